The van der Waals surface area contributed by atoms with E-state index in [1.807, 2.05) is 43.5 Å². The molecule has 2 N–H and O–H groups in total. The van der Waals surface area contributed by atoms with E-state index in [1.165, 1.54) is 17.8 Å². The monoisotopic (exact) mass is 605 g/mol. The van der Waals surface area contributed by atoms with E-state index in [-0.39, 0.29) is 33.5 Å². The summed E-state index contributed by atoms with van der Waals surface area (Å²) in [5.74, 6) is -0.229. The predicted octanol–water partition coefficient (Wildman–Crippen LogP) is 4.71. The molecule has 4 aromatic rings. The summed E-state index contributed by atoms with van der Waals surface area (Å²) in [5, 5.41) is 12.2. The van der Waals surface area contributed by atoms with Crippen LogP contribution in [0, 0.1) is 6.92 Å². The first-order valence-corrected chi connectivity index (χ1v) is 14.5. The van der Waals surface area contributed by atoms with Crippen LogP contribution in [0.2, 0.25) is 0 Å². The molecule has 4 rings (SSSR count). The van der Waals surface area contributed by atoms with Crippen LogP contribution in [0.4, 0.5) is 13.2 Å². The fraction of sp³-hybridized carbons (Fsp3) is 0.250. The van der Waals surface area contributed by atoms with Gasteiger partial charge < -0.3 is 21.0 Å². The number of thioether (sulfide) groups is 1. The largest absolute Gasteiger partial charge is 1.00 e. The number of carboxylic acids is 1. The standard InChI is InChI=1S/C32H30F3NO5S.Li.H/c1-20-6-3-4-9-25(20)27-16-21(10-12-26(27)30(37)36-28(31(38)39)14-15-42-2)18-40-19-24-11-13-29(41-24)22-7-5-8-23(17-22)32(33,34)35;;/h3-13,16-17,28H,14-15,18-19H2,1-2H3,(H,36,37)(H,38,39);;/q;+1;-1. The van der Waals surface area contributed by atoms with Crippen molar-refractivity contribution in [2.24, 2.45) is 0 Å². The Kier molecular flexibility index (Phi) is 12.2. The average molecular weight is 606 g/mol. The van der Waals surface area contributed by atoms with Crippen molar-refractivity contribution in [1.29, 1.82) is 0 Å². The molecule has 0 saturated carbocycles. The number of aryl methyl sites for hydroxylation is 1. The van der Waals surface area contributed by atoms with Gasteiger partial charge in [0.1, 0.15) is 24.2 Å². The second kappa shape index (κ2) is 15.3. The third kappa shape index (κ3) is 9.04. The minimum absolute atomic E-state index is 0. The van der Waals surface area contributed by atoms with Crippen LogP contribution in [0.5, 0.6) is 0 Å². The molecule has 1 unspecified atom stereocenters. The zero-order chi connectivity index (χ0) is 30.3. The van der Waals surface area contributed by atoms with Crippen LogP contribution in [0.3, 0.4) is 0 Å². The smallest absolute Gasteiger partial charge is 1.00 e. The number of nitrogens with one attached hydrogen (secondary N) is 1. The third-order valence-corrected chi connectivity index (χ3v) is 7.27. The number of alkyl halides is 3. The first-order chi connectivity index (χ1) is 20.1. The van der Waals surface area contributed by atoms with E-state index >= 15 is 0 Å². The maximum absolute atomic E-state index is 13.2. The number of halogens is 3. The van der Waals surface area contributed by atoms with Crippen molar-refractivity contribution in [3.8, 4) is 22.5 Å². The Morgan fingerprint density at radius 1 is 1.00 bits per heavy atom. The summed E-state index contributed by atoms with van der Waals surface area (Å²) in [5.41, 5.74) is 3.09. The first kappa shape index (κ1) is 34.1. The van der Waals surface area contributed by atoms with Crippen molar-refractivity contribution in [3.63, 3.8) is 0 Å². The van der Waals surface area contributed by atoms with Gasteiger partial charge in [-0.3, -0.25) is 4.79 Å². The molecular formula is C32H31F3LiNO5S. The van der Waals surface area contributed by atoms with Gasteiger partial charge in [0.05, 0.1) is 12.2 Å². The van der Waals surface area contributed by atoms with Crippen molar-refractivity contribution >= 4 is 23.6 Å². The zero-order valence-corrected chi connectivity index (χ0v) is 24.9. The van der Waals surface area contributed by atoms with E-state index in [1.54, 1.807) is 30.3 Å². The summed E-state index contributed by atoms with van der Waals surface area (Å²) < 4.78 is 50.8. The number of ether oxygens (including phenoxy) is 1. The van der Waals surface area contributed by atoms with Gasteiger partial charge in [0.25, 0.3) is 5.91 Å². The Labute approximate surface area is 265 Å². The summed E-state index contributed by atoms with van der Waals surface area (Å²) in [4.78, 5) is 25.0. The molecule has 0 bridgehead atoms. The second-order valence-electron chi connectivity index (χ2n) is 9.68. The number of hydrogen-bond acceptors (Lipinski definition) is 5. The van der Waals surface area contributed by atoms with Crippen LogP contribution < -0.4 is 24.2 Å². The molecule has 43 heavy (non-hydrogen) atoms. The van der Waals surface area contributed by atoms with Crippen LogP contribution in [-0.4, -0.2) is 35.0 Å². The Bertz CT molecular complexity index is 1560. The number of carboxylic acid groups (broad SMARTS) is 1. The van der Waals surface area contributed by atoms with Gasteiger partial charge in [-0.2, -0.15) is 24.9 Å². The molecule has 1 heterocycles. The Morgan fingerprint density at radius 3 is 2.47 bits per heavy atom. The molecule has 0 spiro atoms. The van der Waals surface area contributed by atoms with Crippen LogP contribution in [0.25, 0.3) is 22.5 Å². The van der Waals surface area contributed by atoms with Gasteiger partial charge in [0.2, 0.25) is 0 Å². The fourth-order valence-corrected chi connectivity index (χ4v) is 4.91. The number of furan rings is 1. The number of carbonyl (C=O) groups is 2. The summed E-state index contributed by atoms with van der Waals surface area (Å²) in [6, 6.07) is 20.0. The molecular weight excluding hydrogens is 574 g/mol. The summed E-state index contributed by atoms with van der Waals surface area (Å²) >= 11 is 1.51. The van der Waals surface area contributed by atoms with Crippen molar-refractivity contribution in [1.82, 2.24) is 5.32 Å². The van der Waals surface area contributed by atoms with Gasteiger partial charge in [-0.05, 0) is 84.0 Å². The van der Waals surface area contributed by atoms with E-state index in [0.717, 1.165) is 28.8 Å². The maximum atomic E-state index is 13.2. The molecule has 1 atom stereocenters. The van der Waals surface area contributed by atoms with Gasteiger partial charge in [0.15, 0.2) is 0 Å². The molecule has 0 saturated heterocycles. The van der Waals surface area contributed by atoms with Crippen LogP contribution in [-0.2, 0) is 28.9 Å². The minimum Gasteiger partial charge on any atom is -1.00 e. The number of benzene rings is 3. The SMILES string of the molecule is CSCCC(NC(=O)c1ccc(COCc2ccc(-c3cccc(C(F)(F)F)c3)o2)cc1-c1ccccc1C)C(=O)O.[H-].[Li+]. The van der Waals surface area contributed by atoms with Gasteiger partial charge in [-0.1, -0.05) is 42.5 Å². The van der Waals surface area contributed by atoms with Crippen LogP contribution in [0.1, 0.15) is 40.7 Å². The molecule has 0 aliphatic heterocycles. The Hall–Kier alpha value is -3.42. The third-order valence-electron chi connectivity index (χ3n) is 6.63. The number of amides is 1. The molecule has 11 heteroatoms. The van der Waals surface area contributed by atoms with Crippen LogP contribution >= 0.6 is 11.8 Å². The Morgan fingerprint density at radius 2 is 1.77 bits per heavy atom. The number of rotatable bonds is 12. The molecule has 0 aliphatic rings. The molecule has 0 aliphatic carbocycles. The van der Waals surface area contributed by atoms with E-state index < -0.39 is 29.7 Å². The van der Waals surface area contributed by atoms with Crippen molar-refractivity contribution in [2.75, 3.05) is 12.0 Å². The topological polar surface area (TPSA) is 88.8 Å². The summed E-state index contributed by atoms with van der Waals surface area (Å²) in [7, 11) is 0. The molecule has 6 nitrogen and oxygen atoms in total. The van der Waals surface area contributed by atoms with Crippen molar-refractivity contribution in [3.05, 3.63) is 107 Å². The molecule has 1 amide bonds. The molecule has 0 radical (unpaired) electrons. The van der Waals surface area contributed by atoms with E-state index in [0.29, 0.717) is 40.4 Å². The predicted molar refractivity (Wildman–Crippen MR) is 157 cm³/mol. The number of hydrogen-bond donors (Lipinski definition) is 2. The molecule has 222 valence electrons. The van der Waals surface area contributed by atoms with E-state index in [4.69, 9.17) is 9.15 Å². The first-order valence-electron chi connectivity index (χ1n) is 13.1. The quantitative estimate of drug-likeness (QED) is 0.228. The zero-order valence-electron chi connectivity index (χ0n) is 25.0. The fourth-order valence-electron chi connectivity index (χ4n) is 4.44. The van der Waals surface area contributed by atoms with Crippen LogP contribution in [0.15, 0.2) is 83.3 Å². The molecule has 0 fully saturated rings. The van der Waals surface area contributed by atoms with Gasteiger partial charge >= 0.3 is 31.0 Å². The molecule has 1 aromatic heterocycles. The number of aliphatic carboxylic acids is 1. The van der Waals surface area contributed by atoms with Gasteiger partial charge in [-0.15, -0.1) is 0 Å². The molecule has 3 aromatic carbocycles. The van der Waals surface area contributed by atoms with Crippen molar-refractivity contribution < 1.29 is 57.3 Å². The number of carbonyl (C=O) groups excluding carboxylic acids is 1. The summed E-state index contributed by atoms with van der Waals surface area (Å²) in [6.07, 6.45) is -2.27. The summed E-state index contributed by atoms with van der Waals surface area (Å²) in [6.45, 7) is 2.18. The van der Waals surface area contributed by atoms with E-state index in [9.17, 15) is 27.9 Å². The second-order valence-corrected chi connectivity index (χ2v) is 10.7. The van der Waals surface area contributed by atoms with E-state index in [2.05, 4.69) is 5.32 Å². The van der Waals surface area contributed by atoms with Gasteiger partial charge in [-0.25, -0.2) is 4.79 Å². The normalized spacial score (nSPS) is 11.9. The average Bonchev–Trinajstić information content (AvgIpc) is 3.44. The van der Waals surface area contributed by atoms with Gasteiger partial charge in [0, 0.05) is 11.1 Å². The minimum atomic E-state index is -4.45. The maximum Gasteiger partial charge on any atom is 1.00 e. The van der Waals surface area contributed by atoms with Crippen molar-refractivity contribution in [2.45, 2.75) is 38.8 Å². The Balaban J connectivity index is 0.00000337.